The molecular weight excluding hydrogens is 375 g/mol. The molecule has 0 atom stereocenters. The van der Waals surface area contributed by atoms with Crippen LogP contribution in [0.15, 0.2) is 42.5 Å². The molecule has 1 N–H and O–H groups in total. The van der Waals surface area contributed by atoms with E-state index < -0.39 is 0 Å². The summed E-state index contributed by atoms with van der Waals surface area (Å²) in [6, 6.07) is 12.4. The zero-order valence-electron chi connectivity index (χ0n) is 14.6. The summed E-state index contributed by atoms with van der Waals surface area (Å²) >= 11 is 12.0. The summed E-state index contributed by atoms with van der Waals surface area (Å²) in [5, 5.41) is 3.59. The molecule has 0 fully saturated rings. The minimum atomic E-state index is -0.280. The Bertz CT molecular complexity index is 796. The van der Waals surface area contributed by atoms with E-state index in [0.29, 0.717) is 28.7 Å². The van der Waals surface area contributed by atoms with Crippen molar-refractivity contribution in [2.45, 2.75) is 13.3 Å². The van der Waals surface area contributed by atoms with Crippen molar-refractivity contribution in [3.05, 3.63) is 58.1 Å². The number of anilines is 1. The van der Waals surface area contributed by atoms with Gasteiger partial charge in [-0.25, -0.2) is 0 Å². The van der Waals surface area contributed by atoms with E-state index in [1.165, 1.54) is 17.9 Å². The Kier molecular flexibility index (Phi) is 7.30. The molecule has 0 unspecified atom stereocenters. The molecule has 0 saturated heterocycles. The molecule has 0 radical (unpaired) electrons. The molecule has 2 amide bonds. The van der Waals surface area contributed by atoms with Crippen molar-refractivity contribution in [1.29, 1.82) is 0 Å². The van der Waals surface area contributed by atoms with E-state index in [2.05, 4.69) is 5.32 Å². The molecule has 0 heterocycles. The summed E-state index contributed by atoms with van der Waals surface area (Å²) in [6.45, 7) is 1.72. The molecule has 2 aromatic rings. The van der Waals surface area contributed by atoms with Crippen molar-refractivity contribution in [2.24, 2.45) is 0 Å². The summed E-state index contributed by atoms with van der Waals surface area (Å²) in [5.41, 5.74) is 1.50. The standard InChI is InChI=1S/C19H20Cl2N2O3/c1-13(24)23(18-7-6-15(20)11-17(18)21)12-19(25)22-9-8-14-4-3-5-16(10-14)26-2/h3-7,10-11H,8-9,12H2,1-2H3,(H,22,25). The average Bonchev–Trinajstić information content (AvgIpc) is 2.60. The smallest absolute Gasteiger partial charge is 0.240 e. The number of nitrogens with one attached hydrogen (secondary N) is 1. The Labute approximate surface area is 162 Å². The highest BCUT2D eigenvalue weighted by atomic mass is 35.5. The molecular formula is C19H20Cl2N2O3. The molecule has 26 heavy (non-hydrogen) atoms. The Hall–Kier alpha value is -2.24. The number of nitrogens with zero attached hydrogens (tertiary/aromatic N) is 1. The van der Waals surface area contributed by atoms with Crippen molar-refractivity contribution in [1.82, 2.24) is 5.32 Å². The van der Waals surface area contributed by atoms with Gasteiger partial charge in [-0.2, -0.15) is 0 Å². The van der Waals surface area contributed by atoms with Crippen LogP contribution in [0.2, 0.25) is 10.0 Å². The lowest BCUT2D eigenvalue weighted by Gasteiger charge is -2.22. The van der Waals surface area contributed by atoms with Gasteiger partial charge in [-0.05, 0) is 42.3 Å². The minimum Gasteiger partial charge on any atom is -0.497 e. The van der Waals surface area contributed by atoms with Gasteiger partial charge in [0.05, 0.1) is 17.8 Å². The normalized spacial score (nSPS) is 10.3. The van der Waals surface area contributed by atoms with Crippen molar-refractivity contribution in [3.63, 3.8) is 0 Å². The zero-order chi connectivity index (χ0) is 19.1. The summed E-state index contributed by atoms with van der Waals surface area (Å²) in [7, 11) is 1.61. The van der Waals surface area contributed by atoms with Gasteiger partial charge in [0.15, 0.2) is 0 Å². The highest BCUT2D eigenvalue weighted by Crippen LogP contribution is 2.28. The van der Waals surface area contributed by atoms with Crippen molar-refractivity contribution in [2.75, 3.05) is 25.1 Å². The molecule has 0 spiro atoms. The molecule has 2 rings (SSSR count). The molecule has 138 valence electrons. The third-order valence-electron chi connectivity index (χ3n) is 3.75. The molecule has 0 aliphatic carbocycles. The van der Waals surface area contributed by atoms with Crippen LogP contribution >= 0.6 is 23.2 Å². The van der Waals surface area contributed by atoms with E-state index in [9.17, 15) is 9.59 Å². The lowest BCUT2D eigenvalue weighted by atomic mass is 10.1. The Balaban J connectivity index is 1.94. The van der Waals surface area contributed by atoms with Crippen LogP contribution in [0.3, 0.4) is 0 Å². The van der Waals surface area contributed by atoms with Gasteiger partial charge >= 0.3 is 0 Å². The van der Waals surface area contributed by atoms with Crippen LogP contribution in [0.5, 0.6) is 5.75 Å². The Morgan fingerprint density at radius 1 is 1.15 bits per heavy atom. The largest absolute Gasteiger partial charge is 0.497 e. The number of rotatable bonds is 7. The van der Waals surface area contributed by atoms with E-state index >= 15 is 0 Å². The second kappa shape index (κ2) is 9.46. The average molecular weight is 395 g/mol. The maximum Gasteiger partial charge on any atom is 0.240 e. The number of amides is 2. The van der Waals surface area contributed by atoms with Crippen molar-refractivity contribution in [3.8, 4) is 5.75 Å². The number of methoxy groups -OCH3 is 1. The summed E-state index contributed by atoms with van der Waals surface area (Å²) < 4.78 is 5.18. The fourth-order valence-electron chi connectivity index (χ4n) is 2.44. The van der Waals surface area contributed by atoms with Crippen LogP contribution in [0.25, 0.3) is 0 Å². The fraction of sp³-hybridized carbons (Fsp3) is 0.263. The van der Waals surface area contributed by atoms with Gasteiger partial charge in [0, 0.05) is 18.5 Å². The third-order valence-corrected chi connectivity index (χ3v) is 4.29. The Morgan fingerprint density at radius 3 is 2.58 bits per heavy atom. The summed E-state index contributed by atoms with van der Waals surface area (Å²) in [4.78, 5) is 25.5. The first-order valence-electron chi connectivity index (χ1n) is 8.03. The van der Waals surface area contributed by atoms with Gasteiger partial charge in [0.2, 0.25) is 11.8 Å². The predicted octanol–water partition coefficient (Wildman–Crippen LogP) is 3.71. The quantitative estimate of drug-likeness (QED) is 0.778. The van der Waals surface area contributed by atoms with Gasteiger partial charge in [-0.15, -0.1) is 0 Å². The number of hydrogen-bond donors (Lipinski definition) is 1. The maximum atomic E-state index is 12.2. The number of carbonyl (C=O) groups is 2. The number of carbonyl (C=O) groups excluding carboxylic acids is 2. The molecule has 0 aromatic heterocycles. The van der Waals surface area contributed by atoms with Gasteiger partial charge < -0.3 is 15.0 Å². The van der Waals surface area contributed by atoms with Crippen LogP contribution in [0.4, 0.5) is 5.69 Å². The van der Waals surface area contributed by atoms with Gasteiger partial charge in [0.1, 0.15) is 12.3 Å². The molecule has 7 heteroatoms. The zero-order valence-corrected chi connectivity index (χ0v) is 16.1. The second-order valence-electron chi connectivity index (χ2n) is 5.65. The van der Waals surface area contributed by atoms with Crippen LogP contribution in [0, 0.1) is 0 Å². The first kappa shape index (κ1) is 20.1. The lowest BCUT2D eigenvalue weighted by Crippen LogP contribution is -2.40. The van der Waals surface area contributed by atoms with Crippen LogP contribution in [-0.2, 0) is 16.0 Å². The van der Waals surface area contributed by atoms with Crippen molar-refractivity contribution >= 4 is 40.7 Å². The number of halogens is 2. The van der Waals surface area contributed by atoms with Crippen LogP contribution in [0.1, 0.15) is 12.5 Å². The summed E-state index contributed by atoms with van der Waals surface area (Å²) in [6.07, 6.45) is 0.657. The van der Waals surface area contributed by atoms with E-state index in [-0.39, 0.29) is 18.4 Å². The molecule has 5 nitrogen and oxygen atoms in total. The SMILES string of the molecule is COc1cccc(CCNC(=O)CN(C(C)=O)c2ccc(Cl)cc2Cl)c1. The molecule has 2 aromatic carbocycles. The molecule has 0 saturated carbocycles. The van der Waals surface area contributed by atoms with E-state index in [1.807, 2.05) is 24.3 Å². The predicted molar refractivity (Wildman–Crippen MR) is 104 cm³/mol. The number of benzene rings is 2. The monoisotopic (exact) mass is 394 g/mol. The minimum absolute atomic E-state index is 0.116. The first-order chi connectivity index (χ1) is 12.4. The third kappa shape index (κ3) is 5.64. The maximum absolute atomic E-state index is 12.2. The topological polar surface area (TPSA) is 58.6 Å². The lowest BCUT2D eigenvalue weighted by molar-refractivity contribution is -0.123. The number of hydrogen-bond acceptors (Lipinski definition) is 3. The second-order valence-corrected chi connectivity index (χ2v) is 6.50. The highest BCUT2D eigenvalue weighted by Gasteiger charge is 2.18. The van der Waals surface area contributed by atoms with E-state index in [0.717, 1.165) is 11.3 Å². The van der Waals surface area contributed by atoms with Gasteiger partial charge in [-0.1, -0.05) is 35.3 Å². The summed E-state index contributed by atoms with van der Waals surface area (Å²) in [5.74, 6) is 0.222. The van der Waals surface area contributed by atoms with Crippen molar-refractivity contribution < 1.29 is 14.3 Å². The number of ether oxygens (including phenoxy) is 1. The fourth-order valence-corrected chi connectivity index (χ4v) is 2.95. The van der Waals surface area contributed by atoms with Crippen LogP contribution in [-0.4, -0.2) is 32.0 Å². The highest BCUT2D eigenvalue weighted by molar-refractivity contribution is 6.36. The Morgan fingerprint density at radius 2 is 1.92 bits per heavy atom. The molecule has 0 aliphatic heterocycles. The van der Waals surface area contributed by atoms with E-state index in [4.69, 9.17) is 27.9 Å². The molecule has 0 bridgehead atoms. The van der Waals surface area contributed by atoms with Gasteiger partial charge in [-0.3, -0.25) is 9.59 Å². The first-order valence-corrected chi connectivity index (χ1v) is 8.79. The molecule has 0 aliphatic rings. The van der Waals surface area contributed by atoms with Gasteiger partial charge in [0.25, 0.3) is 0 Å². The van der Waals surface area contributed by atoms with Crippen LogP contribution < -0.4 is 15.0 Å². The van der Waals surface area contributed by atoms with E-state index in [1.54, 1.807) is 19.2 Å².